The summed E-state index contributed by atoms with van der Waals surface area (Å²) in [7, 11) is 0. The van der Waals surface area contributed by atoms with E-state index in [1.807, 2.05) is 9.47 Å². The first-order chi connectivity index (χ1) is 10.1. The van der Waals surface area contributed by atoms with Crippen molar-refractivity contribution in [2.75, 3.05) is 25.4 Å². The third-order valence-electron chi connectivity index (χ3n) is 4.15. The number of piperidine rings is 1. The van der Waals surface area contributed by atoms with Crippen LogP contribution >= 0.6 is 0 Å². The van der Waals surface area contributed by atoms with Crippen molar-refractivity contribution in [2.45, 2.75) is 38.1 Å². The van der Waals surface area contributed by atoms with Crippen LogP contribution in [-0.4, -0.2) is 40.9 Å². The number of nitrogens with zero attached hydrogens (tertiary/aromatic N) is 2. The lowest BCUT2D eigenvalue weighted by Gasteiger charge is -2.26. The highest BCUT2D eigenvalue weighted by atomic mass is 16.2. The normalized spacial score (nSPS) is 18.6. The molecule has 0 unspecified atom stereocenters. The average Bonchev–Trinajstić information content (AvgIpc) is 3.27. The van der Waals surface area contributed by atoms with Crippen LogP contribution < -0.4 is 11.1 Å². The molecule has 6 heteroatoms. The fraction of sp³-hybridized carbons (Fsp3) is 0.600. The summed E-state index contributed by atoms with van der Waals surface area (Å²) in [5.41, 5.74) is 6.93. The highest BCUT2D eigenvalue weighted by Crippen LogP contribution is 2.37. The molecule has 2 heterocycles. The SMILES string of the molecule is Nc1cc(C(=O)NCC(=O)N2CCCCC2)n(C2CC2)c1. The Hall–Kier alpha value is -1.98. The molecule has 1 aliphatic heterocycles. The molecule has 0 atom stereocenters. The van der Waals surface area contributed by atoms with Crippen LogP contribution in [0.15, 0.2) is 12.3 Å². The Bertz CT molecular complexity index is 542. The molecule has 3 N–H and O–H groups in total. The van der Waals surface area contributed by atoms with E-state index in [1.165, 1.54) is 6.42 Å². The summed E-state index contributed by atoms with van der Waals surface area (Å²) in [4.78, 5) is 26.1. The minimum atomic E-state index is -0.219. The molecule has 3 rings (SSSR count). The average molecular weight is 290 g/mol. The van der Waals surface area contributed by atoms with E-state index >= 15 is 0 Å². The number of anilines is 1. The minimum Gasteiger partial charge on any atom is -0.397 e. The van der Waals surface area contributed by atoms with Crippen LogP contribution in [0.3, 0.4) is 0 Å². The molecule has 0 radical (unpaired) electrons. The number of nitrogens with one attached hydrogen (secondary N) is 1. The van der Waals surface area contributed by atoms with Gasteiger partial charge in [-0.15, -0.1) is 0 Å². The van der Waals surface area contributed by atoms with Crippen molar-refractivity contribution in [2.24, 2.45) is 0 Å². The maximum Gasteiger partial charge on any atom is 0.268 e. The van der Waals surface area contributed by atoms with Crippen LogP contribution in [0.5, 0.6) is 0 Å². The third kappa shape index (κ3) is 3.20. The van der Waals surface area contributed by atoms with Gasteiger partial charge in [0, 0.05) is 25.3 Å². The fourth-order valence-corrected chi connectivity index (χ4v) is 2.84. The van der Waals surface area contributed by atoms with Crippen molar-refractivity contribution in [3.8, 4) is 0 Å². The van der Waals surface area contributed by atoms with Crippen molar-refractivity contribution in [3.63, 3.8) is 0 Å². The van der Waals surface area contributed by atoms with E-state index in [4.69, 9.17) is 5.73 Å². The molecule has 21 heavy (non-hydrogen) atoms. The number of nitrogen functional groups attached to an aromatic ring is 1. The number of aromatic nitrogens is 1. The van der Waals surface area contributed by atoms with Gasteiger partial charge in [0.05, 0.1) is 12.2 Å². The van der Waals surface area contributed by atoms with Gasteiger partial charge in [0.25, 0.3) is 5.91 Å². The van der Waals surface area contributed by atoms with E-state index < -0.39 is 0 Å². The van der Waals surface area contributed by atoms with Crippen molar-refractivity contribution >= 4 is 17.5 Å². The summed E-state index contributed by atoms with van der Waals surface area (Å²) in [6.07, 6.45) is 7.27. The highest BCUT2D eigenvalue weighted by molar-refractivity contribution is 5.96. The van der Waals surface area contributed by atoms with Crippen LogP contribution in [0.4, 0.5) is 5.69 Å². The van der Waals surface area contributed by atoms with E-state index in [1.54, 1.807) is 12.3 Å². The summed E-state index contributed by atoms with van der Waals surface area (Å²) in [6, 6.07) is 2.07. The zero-order valence-corrected chi connectivity index (χ0v) is 12.2. The van der Waals surface area contributed by atoms with Crippen LogP contribution in [-0.2, 0) is 4.79 Å². The van der Waals surface area contributed by atoms with Gasteiger partial charge in [-0.2, -0.15) is 0 Å². The van der Waals surface area contributed by atoms with Gasteiger partial charge < -0.3 is 20.5 Å². The predicted molar refractivity (Wildman–Crippen MR) is 79.9 cm³/mol. The number of nitrogens with two attached hydrogens (primary N) is 1. The second-order valence-corrected chi connectivity index (χ2v) is 5.92. The van der Waals surface area contributed by atoms with Crippen molar-refractivity contribution < 1.29 is 9.59 Å². The second-order valence-electron chi connectivity index (χ2n) is 5.92. The molecule has 6 nitrogen and oxygen atoms in total. The molecule has 1 aromatic heterocycles. The Morgan fingerprint density at radius 2 is 1.95 bits per heavy atom. The van der Waals surface area contributed by atoms with Gasteiger partial charge in [-0.05, 0) is 38.2 Å². The molecule has 2 fully saturated rings. The first kappa shape index (κ1) is 14.0. The van der Waals surface area contributed by atoms with Crippen LogP contribution in [0, 0.1) is 0 Å². The van der Waals surface area contributed by atoms with Gasteiger partial charge in [0.15, 0.2) is 0 Å². The standard InChI is InChI=1S/C15H22N4O2/c16-11-8-13(19(10-11)12-4-5-12)15(21)17-9-14(20)18-6-2-1-3-7-18/h8,10,12H,1-7,9,16H2,(H,17,21). The first-order valence-electron chi connectivity index (χ1n) is 7.68. The second kappa shape index (κ2) is 5.79. The zero-order chi connectivity index (χ0) is 14.8. The Morgan fingerprint density at radius 3 is 2.62 bits per heavy atom. The number of amides is 2. The topological polar surface area (TPSA) is 80.4 Å². The Morgan fingerprint density at radius 1 is 1.24 bits per heavy atom. The molecule has 2 amide bonds. The number of carbonyl (C=O) groups excluding carboxylic acids is 2. The molecule has 1 aromatic rings. The molecular formula is C15H22N4O2. The van der Waals surface area contributed by atoms with E-state index in [9.17, 15) is 9.59 Å². The van der Waals surface area contributed by atoms with Crippen molar-refractivity contribution in [1.82, 2.24) is 14.8 Å². The molecule has 1 saturated carbocycles. The maximum absolute atomic E-state index is 12.2. The number of hydrogen-bond donors (Lipinski definition) is 2. The van der Waals surface area contributed by atoms with Crippen molar-refractivity contribution in [1.29, 1.82) is 0 Å². The highest BCUT2D eigenvalue weighted by Gasteiger charge is 2.28. The van der Waals surface area contributed by atoms with Gasteiger partial charge in [-0.3, -0.25) is 9.59 Å². The smallest absolute Gasteiger partial charge is 0.268 e. The summed E-state index contributed by atoms with van der Waals surface area (Å²) < 4.78 is 1.93. The molecule has 2 aliphatic rings. The minimum absolute atomic E-state index is 0.000509. The lowest BCUT2D eigenvalue weighted by molar-refractivity contribution is -0.130. The molecule has 114 valence electrons. The summed E-state index contributed by atoms with van der Waals surface area (Å²) in [6.45, 7) is 1.68. The van der Waals surface area contributed by atoms with E-state index in [-0.39, 0.29) is 18.4 Å². The maximum atomic E-state index is 12.2. The molecule has 1 aliphatic carbocycles. The van der Waals surface area contributed by atoms with Gasteiger partial charge in [-0.1, -0.05) is 0 Å². The van der Waals surface area contributed by atoms with E-state index in [0.29, 0.717) is 17.4 Å². The Labute approximate surface area is 124 Å². The first-order valence-corrected chi connectivity index (χ1v) is 7.68. The lowest BCUT2D eigenvalue weighted by atomic mass is 10.1. The van der Waals surface area contributed by atoms with Crippen molar-refractivity contribution in [3.05, 3.63) is 18.0 Å². The van der Waals surface area contributed by atoms with Gasteiger partial charge >= 0.3 is 0 Å². The summed E-state index contributed by atoms with van der Waals surface area (Å²) in [5.74, 6) is -0.218. The largest absolute Gasteiger partial charge is 0.397 e. The number of likely N-dealkylation sites (tertiary alicyclic amines) is 1. The molecular weight excluding hydrogens is 268 g/mol. The van der Waals surface area contributed by atoms with E-state index in [0.717, 1.165) is 38.8 Å². The van der Waals surface area contributed by atoms with Gasteiger partial charge in [0.1, 0.15) is 5.69 Å². The van der Waals surface area contributed by atoms with E-state index in [2.05, 4.69) is 5.32 Å². The monoisotopic (exact) mass is 290 g/mol. The van der Waals surface area contributed by atoms with Crippen LogP contribution in [0.1, 0.15) is 48.6 Å². The van der Waals surface area contributed by atoms with Gasteiger partial charge in [-0.25, -0.2) is 0 Å². The summed E-state index contributed by atoms with van der Waals surface area (Å²) >= 11 is 0. The lowest BCUT2D eigenvalue weighted by Crippen LogP contribution is -2.42. The van der Waals surface area contributed by atoms with Crippen LogP contribution in [0.2, 0.25) is 0 Å². The Balaban J connectivity index is 1.57. The number of carbonyl (C=O) groups is 2. The molecule has 0 spiro atoms. The molecule has 1 saturated heterocycles. The summed E-state index contributed by atoms with van der Waals surface area (Å²) in [5, 5.41) is 2.73. The quantitative estimate of drug-likeness (QED) is 0.873. The van der Waals surface area contributed by atoms with Crippen LogP contribution in [0.25, 0.3) is 0 Å². The fourth-order valence-electron chi connectivity index (χ4n) is 2.84. The van der Waals surface area contributed by atoms with Gasteiger partial charge in [0.2, 0.25) is 5.91 Å². The Kier molecular flexibility index (Phi) is 3.86. The number of rotatable bonds is 4. The molecule has 0 aromatic carbocycles. The molecule has 0 bridgehead atoms. The number of hydrogen-bond acceptors (Lipinski definition) is 3. The third-order valence-corrected chi connectivity index (χ3v) is 4.15. The predicted octanol–water partition coefficient (Wildman–Crippen LogP) is 1.15. The zero-order valence-electron chi connectivity index (χ0n) is 12.2.